The van der Waals surface area contributed by atoms with E-state index in [4.69, 9.17) is 4.74 Å². The summed E-state index contributed by atoms with van der Waals surface area (Å²) in [6.07, 6.45) is 3.18. The predicted molar refractivity (Wildman–Crippen MR) is 79.9 cm³/mol. The number of anilines is 1. The van der Waals surface area contributed by atoms with Crippen molar-refractivity contribution in [2.75, 3.05) is 11.4 Å². The molecule has 1 aliphatic rings. The summed E-state index contributed by atoms with van der Waals surface area (Å²) in [6, 6.07) is 5.56. The summed E-state index contributed by atoms with van der Waals surface area (Å²) in [5.74, 6) is 0.709. The standard InChI is InChI=1S/C16H15N3O2/c1-4-7-19-13-9-10(2)8-11(3)14(13)21-15-12(16(19)20)5-6-17-18-15/h4-6,8-9H,1,7H2,2-3H3. The highest BCUT2D eigenvalue weighted by atomic mass is 16.5. The van der Waals surface area contributed by atoms with Gasteiger partial charge in [-0.15, -0.1) is 11.7 Å². The number of nitrogens with zero attached hydrogens (tertiary/aromatic N) is 3. The third-order valence-electron chi connectivity index (χ3n) is 3.36. The average Bonchev–Trinajstić information content (AvgIpc) is 2.57. The Balaban J connectivity index is 2.27. The minimum Gasteiger partial charge on any atom is -0.434 e. The molecule has 21 heavy (non-hydrogen) atoms. The first-order valence-electron chi connectivity index (χ1n) is 6.65. The van der Waals surface area contributed by atoms with Gasteiger partial charge >= 0.3 is 0 Å². The Bertz CT molecular complexity index is 740. The first kappa shape index (κ1) is 13.3. The van der Waals surface area contributed by atoms with E-state index in [1.807, 2.05) is 26.0 Å². The number of carbonyl (C=O) groups is 1. The third kappa shape index (κ3) is 2.16. The molecule has 106 valence electrons. The SMILES string of the molecule is C=CCN1C(=O)c2ccnnc2Oc2c(C)cc(C)cc21. The molecule has 3 rings (SSSR count). The van der Waals surface area contributed by atoms with Crippen LogP contribution in [0.4, 0.5) is 5.69 Å². The lowest BCUT2D eigenvalue weighted by atomic mass is 10.1. The van der Waals surface area contributed by atoms with Crippen LogP contribution >= 0.6 is 0 Å². The van der Waals surface area contributed by atoms with Gasteiger partial charge in [0.25, 0.3) is 11.8 Å². The number of rotatable bonds is 2. The zero-order valence-corrected chi connectivity index (χ0v) is 12.0. The van der Waals surface area contributed by atoms with Crippen LogP contribution in [0, 0.1) is 13.8 Å². The molecule has 0 bridgehead atoms. The minimum absolute atomic E-state index is 0.163. The lowest BCUT2D eigenvalue weighted by molar-refractivity contribution is 0.0989. The van der Waals surface area contributed by atoms with Gasteiger partial charge < -0.3 is 9.64 Å². The molecule has 2 heterocycles. The topological polar surface area (TPSA) is 55.3 Å². The molecule has 1 aliphatic heterocycles. The zero-order chi connectivity index (χ0) is 15.0. The molecule has 0 atom stereocenters. The van der Waals surface area contributed by atoms with Gasteiger partial charge in [-0.25, -0.2) is 0 Å². The fourth-order valence-corrected chi connectivity index (χ4v) is 2.48. The molecule has 1 aromatic heterocycles. The largest absolute Gasteiger partial charge is 0.434 e. The molecule has 5 nitrogen and oxygen atoms in total. The van der Waals surface area contributed by atoms with Gasteiger partial charge in [-0.05, 0) is 37.1 Å². The average molecular weight is 281 g/mol. The monoisotopic (exact) mass is 281 g/mol. The van der Waals surface area contributed by atoms with Gasteiger partial charge in [0.1, 0.15) is 5.56 Å². The number of aryl methyl sites for hydroxylation is 2. The van der Waals surface area contributed by atoms with Crippen molar-refractivity contribution in [2.45, 2.75) is 13.8 Å². The number of hydrogen-bond acceptors (Lipinski definition) is 4. The zero-order valence-electron chi connectivity index (χ0n) is 12.0. The van der Waals surface area contributed by atoms with Crippen molar-refractivity contribution < 1.29 is 9.53 Å². The number of carbonyl (C=O) groups excluding carboxylic acids is 1. The summed E-state index contributed by atoms with van der Waals surface area (Å²) in [5, 5.41) is 7.74. The van der Waals surface area contributed by atoms with Gasteiger partial charge in [0, 0.05) is 6.54 Å². The van der Waals surface area contributed by atoms with Crippen molar-refractivity contribution in [2.24, 2.45) is 0 Å². The van der Waals surface area contributed by atoms with Crippen molar-refractivity contribution in [3.05, 3.63) is 53.7 Å². The second-order valence-electron chi connectivity index (χ2n) is 4.99. The van der Waals surface area contributed by atoms with Crippen LogP contribution in [0.2, 0.25) is 0 Å². The van der Waals surface area contributed by atoms with Crippen LogP contribution < -0.4 is 9.64 Å². The molecule has 2 aromatic rings. The second-order valence-corrected chi connectivity index (χ2v) is 4.99. The Hall–Kier alpha value is -2.69. The molecule has 0 N–H and O–H groups in total. The summed E-state index contributed by atoms with van der Waals surface area (Å²) in [5.41, 5.74) is 3.15. The van der Waals surface area contributed by atoms with Gasteiger partial charge in [-0.1, -0.05) is 12.1 Å². The van der Waals surface area contributed by atoms with E-state index < -0.39 is 0 Å². The molecule has 0 unspecified atom stereocenters. The smallest absolute Gasteiger partial charge is 0.264 e. The normalized spacial score (nSPS) is 13.0. The summed E-state index contributed by atoms with van der Waals surface area (Å²) in [4.78, 5) is 14.4. The highest BCUT2D eigenvalue weighted by Crippen LogP contribution is 2.40. The second kappa shape index (κ2) is 5.01. The van der Waals surface area contributed by atoms with E-state index in [2.05, 4.69) is 16.8 Å². The molecule has 0 spiro atoms. The minimum atomic E-state index is -0.163. The Morgan fingerprint density at radius 2 is 2.19 bits per heavy atom. The van der Waals surface area contributed by atoms with E-state index in [9.17, 15) is 4.79 Å². The van der Waals surface area contributed by atoms with Gasteiger partial charge in [0.05, 0.1) is 11.9 Å². The van der Waals surface area contributed by atoms with Gasteiger partial charge in [-0.3, -0.25) is 4.79 Å². The van der Waals surface area contributed by atoms with E-state index in [0.29, 0.717) is 17.9 Å². The molecular weight excluding hydrogens is 266 g/mol. The number of amides is 1. The van der Waals surface area contributed by atoms with Gasteiger partial charge in [0.15, 0.2) is 5.75 Å². The molecule has 1 aromatic carbocycles. The Kier molecular flexibility index (Phi) is 3.17. The van der Waals surface area contributed by atoms with E-state index in [1.54, 1.807) is 17.0 Å². The van der Waals surface area contributed by atoms with Crippen LogP contribution in [0.3, 0.4) is 0 Å². The fraction of sp³-hybridized carbons (Fsp3) is 0.188. The fourth-order valence-electron chi connectivity index (χ4n) is 2.48. The van der Waals surface area contributed by atoms with Crippen molar-refractivity contribution in [3.8, 4) is 11.6 Å². The number of aromatic nitrogens is 2. The number of fused-ring (bicyclic) bond motifs is 2. The highest BCUT2D eigenvalue weighted by molar-refractivity contribution is 6.09. The first-order chi connectivity index (χ1) is 10.1. The maximum atomic E-state index is 12.7. The molecule has 0 saturated heterocycles. The molecule has 0 fully saturated rings. The lowest BCUT2D eigenvalue weighted by Gasteiger charge is -2.21. The van der Waals surface area contributed by atoms with Crippen LogP contribution in [0.25, 0.3) is 0 Å². The molecule has 1 amide bonds. The number of benzene rings is 1. The Morgan fingerprint density at radius 1 is 1.38 bits per heavy atom. The third-order valence-corrected chi connectivity index (χ3v) is 3.36. The maximum Gasteiger partial charge on any atom is 0.264 e. The maximum absolute atomic E-state index is 12.7. The van der Waals surface area contributed by atoms with Crippen LogP contribution in [-0.4, -0.2) is 22.6 Å². The van der Waals surface area contributed by atoms with Crippen molar-refractivity contribution >= 4 is 11.6 Å². The van der Waals surface area contributed by atoms with Crippen molar-refractivity contribution in [1.29, 1.82) is 0 Å². The molecular formula is C16H15N3O2. The van der Waals surface area contributed by atoms with Crippen LogP contribution in [0.1, 0.15) is 21.5 Å². The van der Waals surface area contributed by atoms with Crippen LogP contribution in [-0.2, 0) is 0 Å². The van der Waals surface area contributed by atoms with Gasteiger partial charge in [0.2, 0.25) is 0 Å². The van der Waals surface area contributed by atoms with Crippen LogP contribution in [0.15, 0.2) is 37.1 Å². The first-order valence-corrected chi connectivity index (χ1v) is 6.65. The predicted octanol–water partition coefficient (Wildman–Crippen LogP) is 3.03. The van der Waals surface area contributed by atoms with Crippen molar-refractivity contribution in [1.82, 2.24) is 10.2 Å². The Morgan fingerprint density at radius 3 is 2.95 bits per heavy atom. The lowest BCUT2D eigenvalue weighted by Crippen LogP contribution is -2.30. The quantitative estimate of drug-likeness (QED) is 0.794. The Labute approximate surface area is 122 Å². The van der Waals surface area contributed by atoms with E-state index >= 15 is 0 Å². The highest BCUT2D eigenvalue weighted by Gasteiger charge is 2.29. The molecule has 0 radical (unpaired) electrons. The summed E-state index contributed by atoms with van der Waals surface area (Å²) >= 11 is 0. The molecule has 0 saturated carbocycles. The summed E-state index contributed by atoms with van der Waals surface area (Å²) in [6.45, 7) is 8.07. The van der Waals surface area contributed by atoms with Gasteiger partial charge in [-0.2, -0.15) is 5.10 Å². The van der Waals surface area contributed by atoms with Crippen LogP contribution in [0.5, 0.6) is 11.6 Å². The summed E-state index contributed by atoms with van der Waals surface area (Å²) < 4.78 is 5.86. The van der Waals surface area contributed by atoms with E-state index in [0.717, 1.165) is 16.8 Å². The van der Waals surface area contributed by atoms with Crippen molar-refractivity contribution in [3.63, 3.8) is 0 Å². The number of ether oxygens (including phenoxy) is 1. The summed E-state index contributed by atoms with van der Waals surface area (Å²) in [7, 11) is 0. The number of hydrogen-bond donors (Lipinski definition) is 0. The van der Waals surface area contributed by atoms with E-state index in [1.165, 1.54) is 6.20 Å². The van der Waals surface area contributed by atoms with E-state index in [-0.39, 0.29) is 11.8 Å². The molecule has 5 heteroatoms. The molecule has 0 aliphatic carbocycles.